The van der Waals surface area contributed by atoms with E-state index in [-0.39, 0.29) is 0 Å². The molecule has 0 aliphatic heterocycles. The lowest BCUT2D eigenvalue weighted by Gasteiger charge is -2.17. The van der Waals surface area contributed by atoms with Gasteiger partial charge in [-0.25, -0.2) is 9.97 Å². The largest absolute Gasteiger partial charge is 0.276 e. The highest BCUT2D eigenvalue weighted by atomic mass is 15.1. The highest BCUT2D eigenvalue weighted by molar-refractivity contribution is 6.17. The first-order chi connectivity index (χ1) is 22.1. The average molecular weight is 578 g/mol. The van der Waals surface area contributed by atoms with E-state index in [1.54, 1.807) is 6.20 Å². The number of imidazole rings is 1. The monoisotopic (exact) mass is 577 g/mol. The second-order valence-electron chi connectivity index (χ2n) is 10.9. The van der Waals surface area contributed by atoms with E-state index in [1.165, 1.54) is 0 Å². The molecular formula is C42H31N3. The average Bonchev–Trinajstić information content (AvgIpc) is 3.49. The molecule has 0 saturated carbocycles. The van der Waals surface area contributed by atoms with Crippen LogP contribution in [0.15, 0.2) is 165 Å². The van der Waals surface area contributed by atoms with Gasteiger partial charge in [0.2, 0.25) is 0 Å². The Balaban J connectivity index is 1.31. The Morgan fingerprint density at radius 1 is 0.533 bits per heavy atom. The van der Waals surface area contributed by atoms with Gasteiger partial charge in [-0.05, 0) is 73.6 Å². The molecule has 0 aliphatic rings. The molecule has 0 N–H and O–H groups in total. The highest BCUT2D eigenvalue weighted by Gasteiger charge is 2.17. The summed E-state index contributed by atoms with van der Waals surface area (Å²) < 4.78 is 2.05. The first-order valence-corrected chi connectivity index (χ1v) is 14.9. The maximum Gasteiger partial charge on any atom is 0.146 e. The summed E-state index contributed by atoms with van der Waals surface area (Å²) in [7, 11) is 0. The molecule has 5 aromatic carbocycles. The summed E-state index contributed by atoms with van der Waals surface area (Å²) in [6.07, 6.45) is 10.1. The Bertz CT molecular complexity index is 2240. The van der Waals surface area contributed by atoms with Gasteiger partial charge in [0.25, 0.3) is 0 Å². The SMILES string of the molecule is C=C(/C=C\C(=C)c1nc2ccccc2n1-c1ccccn1)c1c2ccccc2c(C(=C)/C=C\c2ccccc2)c2ccccc12. The summed E-state index contributed by atoms with van der Waals surface area (Å²) in [5.41, 5.74) is 7.84. The van der Waals surface area contributed by atoms with Crippen LogP contribution in [0.1, 0.15) is 22.5 Å². The molecule has 0 spiro atoms. The van der Waals surface area contributed by atoms with E-state index < -0.39 is 0 Å². The van der Waals surface area contributed by atoms with Gasteiger partial charge in [0.15, 0.2) is 0 Å². The number of nitrogens with zero attached hydrogens (tertiary/aromatic N) is 3. The zero-order chi connectivity index (χ0) is 30.8. The number of rotatable bonds is 8. The molecule has 0 amide bonds. The number of benzene rings is 5. The van der Waals surface area contributed by atoms with Crippen LogP contribution in [0.5, 0.6) is 0 Å². The molecule has 0 bridgehead atoms. The van der Waals surface area contributed by atoms with Gasteiger partial charge in [0, 0.05) is 11.8 Å². The Hall–Kier alpha value is -6.06. The van der Waals surface area contributed by atoms with Crippen molar-refractivity contribution in [3.63, 3.8) is 0 Å². The lowest BCUT2D eigenvalue weighted by atomic mass is 9.86. The van der Waals surface area contributed by atoms with Crippen molar-refractivity contribution in [3.8, 4) is 5.82 Å². The molecule has 45 heavy (non-hydrogen) atoms. The van der Waals surface area contributed by atoms with Crippen molar-refractivity contribution >= 4 is 55.4 Å². The molecular weight excluding hydrogens is 546 g/mol. The van der Waals surface area contributed by atoms with E-state index in [9.17, 15) is 0 Å². The van der Waals surface area contributed by atoms with E-state index in [2.05, 4.69) is 108 Å². The zero-order valence-corrected chi connectivity index (χ0v) is 24.9. The maximum absolute atomic E-state index is 4.94. The van der Waals surface area contributed by atoms with Gasteiger partial charge in [0.05, 0.1) is 11.0 Å². The Kier molecular flexibility index (Phi) is 7.34. The summed E-state index contributed by atoms with van der Waals surface area (Å²) in [4.78, 5) is 9.54. The van der Waals surface area contributed by atoms with Crippen molar-refractivity contribution < 1.29 is 0 Å². The number of allylic oxidation sites excluding steroid dienone is 6. The number of aromatic nitrogens is 3. The fourth-order valence-electron chi connectivity index (χ4n) is 5.98. The highest BCUT2D eigenvalue weighted by Crippen LogP contribution is 2.40. The number of hydrogen-bond acceptors (Lipinski definition) is 2. The van der Waals surface area contributed by atoms with Gasteiger partial charge < -0.3 is 0 Å². The number of fused-ring (bicyclic) bond motifs is 3. The predicted molar refractivity (Wildman–Crippen MR) is 192 cm³/mol. The minimum absolute atomic E-state index is 0.741. The van der Waals surface area contributed by atoms with Crippen LogP contribution in [0.25, 0.3) is 61.2 Å². The van der Waals surface area contributed by atoms with E-state index in [1.807, 2.05) is 66.7 Å². The maximum atomic E-state index is 4.94. The number of pyridine rings is 1. The third-order valence-corrected chi connectivity index (χ3v) is 8.06. The van der Waals surface area contributed by atoms with E-state index in [0.29, 0.717) is 0 Å². The van der Waals surface area contributed by atoms with Crippen LogP contribution < -0.4 is 0 Å². The van der Waals surface area contributed by atoms with Crippen molar-refractivity contribution in [3.05, 3.63) is 188 Å². The van der Waals surface area contributed by atoms with Gasteiger partial charge >= 0.3 is 0 Å². The lowest BCUT2D eigenvalue weighted by Crippen LogP contribution is -2.01. The van der Waals surface area contributed by atoms with Gasteiger partial charge in [-0.2, -0.15) is 0 Å². The molecule has 0 fully saturated rings. The fraction of sp³-hybridized carbons (Fsp3) is 0. The minimum Gasteiger partial charge on any atom is -0.276 e. The molecule has 0 saturated heterocycles. The first-order valence-electron chi connectivity index (χ1n) is 14.9. The fourth-order valence-corrected chi connectivity index (χ4v) is 5.98. The van der Waals surface area contributed by atoms with Crippen LogP contribution in [0.4, 0.5) is 0 Å². The topological polar surface area (TPSA) is 30.7 Å². The van der Waals surface area contributed by atoms with Crippen LogP contribution in [-0.2, 0) is 0 Å². The smallest absolute Gasteiger partial charge is 0.146 e. The van der Waals surface area contributed by atoms with Gasteiger partial charge in [-0.1, -0.05) is 141 Å². The van der Waals surface area contributed by atoms with Gasteiger partial charge in [0.1, 0.15) is 11.6 Å². The molecule has 214 valence electrons. The quantitative estimate of drug-likeness (QED) is 0.133. The van der Waals surface area contributed by atoms with Gasteiger partial charge in [-0.15, -0.1) is 0 Å². The van der Waals surface area contributed by atoms with Crippen molar-refractivity contribution in [1.82, 2.24) is 14.5 Å². The van der Waals surface area contributed by atoms with Crippen LogP contribution in [-0.4, -0.2) is 14.5 Å². The molecule has 3 nitrogen and oxygen atoms in total. The molecule has 0 atom stereocenters. The van der Waals surface area contributed by atoms with Crippen molar-refractivity contribution in [1.29, 1.82) is 0 Å². The third kappa shape index (κ3) is 5.21. The van der Waals surface area contributed by atoms with Crippen molar-refractivity contribution in [2.24, 2.45) is 0 Å². The number of hydrogen-bond donors (Lipinski definition) is 0. The molecule has 7 rings (SSSR count). The second-order valence-corrected chi connectivity index (χ2v) is 10.9. The summed E-state index contributed by atoms with van der Waals surface area (Å²) in [6.45, 7) is 13.5. The standard InChI is InChI=1S/C42H31N3/c1-29(24-25-31(3)42-44-37-21-11-12-22-38(37)45(42)39-23-13-14-28-43-39)40-33-17-7-9-19-35(33)41(36-20-10-8-18-34(36)40)30(2)26-27-32-15-5-4-6-16-32/h4-28H,1-3H2/b25-24-,27-26-. The molecule has 2 heterocycles. The van der Waals surface area contributed by atoms with Crippen LogP contribution in [0.2, 0.25) is 0 Å². The molecule has 0 aliphatic carbocycles. The van der Waals surface area contributed by atoms with E-state index in [4.69, 9.17) is 4.98 Å². The van der Waals surface area contributed by atoms with Gasteiger partial charge in [-0.3, -0.25) is 4.57 Å². The third-order valence-electron chi connectivity index (χ3n) is 8.06. The Labute approximate surface area is 263 Å². The summed E-state index contributed by atoms with van der Waals surface area (Å²) in [5, 5.41) is 4.53. The van der Waals surface area contributed by atoms with E-state index in [0.717, 1.165) is 77.6 Å². The van der Waals surface area contributed by atoms with Crippen LogP contribution in [0.3, 0.4) is 0 Å². The molecule has 3 heteroatoms. The first kappa shape index (κ1) is 27.8. The predicted octanol–water partition coefficient (Wildman–Crippen LogP) is 10.7. The van der Waals surface area contributed by atoms with Crippen LogP contribution >= 0.6 is 0 Å². The second kappa shape index (κ2) is 11.9. The molecule has 7 aromatic rings. The van der Waals surface area contributed by atoms with Crippen molar-refractivity contribution in [2.75, 3.05) is 0 Å². The Morgan fingerprint density at radius 2 is 1.07 bits per heavy atom. The summed E-state index contributed by atoms with van der Waals surface area (Å²) >= 11 is 0. The van der Waals surface area contributed by atoms with E-state index >= 15 is 0 Å². The molecule has 0 radical (unpaired) electrons. The Morgan fingerprint density at radius 3 is 1.69 bits per heavy atom. The van der Waals surface area contributed by atoms with Crippen LogP contribution in [0, 0.1) is 0 Å². The number of para-hydroxylation sites is 2. The lowest BCUT2D eigenvalue weighted by molar-refractivity contribution is 0.999. The minimum atomic E-state index is 0.741. The summed E-state index contributed by atoms with van der Waals surface area (Å²) in [6, 6.07) is 41.3. The summed E-state index contributed by atoms with van der Waals surface area (Å²) in [5.74, 6) is 1.54. The molecule has 2 aromatic heterocycles. The normalized spacial score (nSPS) is 11.6. The zero-order valence-electron chi connectivity index (χ0n) is 24.9. The molecule has 0 unspecified atom stereocenters. The van der Waals surface area contributed by atoms with Crippen molar-refractivity contribution in [2.45, 2.75) is 0 Å².